The molecule has 3 rings (SSSR count). The van der Waals surface area contributed by atoms with Crippen LogP contribution >= 0.6 is 0 Å². The Labute approximate surface area is 134 Å². The number of esters is 1. The van der Waals surface area contributed by atoms with Crippen molar-refractivity contribution in [1.82, 2.24) is 0 Å². The van der Waals surface area contributed by atoms with E-state index in [1.165, 1.54) is 12.2 Å². The minimum absolute atomic E-state index is 0.286. The maximum absolute atomic E-state index is 12.5. The fourth-order valence-corrected chi connectivity index (χ4v) is 2.49. The first-order valence-electron chi connectivity index (χ1n) is 7.22. The fraction of sp³-hybridized carbons (Fsp3) is 0.105. The van der Waals surface area contributed by atoms with Crippen LogP contribution in [0.25, 0.3) is 0 Å². The second-order valence-corrected chi connectivity index (χ2v) is 5.22. The van der Waals surface area contributed by atoms with Crippen LogP contribution in [0.2, 0.25) is 0 Å². The number of nitrogens with zero attached hydrogens (tertiary/aromatic N) is 2. The van der Waals surface area contributed by atoms with Crippen LogP contribution in [-0.2, 0) is 16.0 Å². The highest BCUT2D eigenvalue weighted by Gasteiger charge is 2.44. The van der Waals surface area contributed by atoms with Crippen molar-refractivity contribution in [3.8, 4) is 6.07 Å². The molecule has 112 valence electrons. The Kier molecular flexibility index (Phi) is 4.03. The number of allylic oxidation sites excluding steroid dienone is 1. The quantitative estimate of drug-likeness (QED) is 0.644. The summed E-state index contributed by atoms with van der Waals surface area (Å²) in [5, 5.41) is 8.84. The van der Waals surface area contributed by atoms with E-state index in [1.807, 2.05) is 66.7 Å². The summed E-state index contributed by atoms with van der Waals surface area (Å²) in [5.74, 6) is -0.180. The van der Waals surface area contributed by atoms with Gasteiger partial charge in [0.1, 0.15) is 0 Å². The molecular formula is C19H14N2O2. The van der Waals surface area contributed by atoms with Crippen molar-refractivity contribution < 1.29 is 9.53 Å². The van der Waals surface area contributed by atoms with Crippen LogP contribution in [-0.4, -0.2) is 17.4 Å². The lowest BCUT2D eigenvalue weighted by molar-refractivity contribution is -0.137. The van der Waals surface area contributed by atoms with Gasteiger partial charge in [0.15, 0.2) is 5.54 Å². The normalized spacial score (nSPS) is 20.1. The van der Waals surface area contributed by atoms with Crippen molar-refractivity contribution in [2.24, 2.45) is 4.99 Å². The largest absolute Gasteiger partial charge is 0.405 e. The van der Waals surface area contributed by atoms with Gasteiger partial charge in [0.25, 0.3) is 0 Å². The number of carbonyl (C=O) groups is 1. The third-order valence-corrected chi connectivity index (χ3v) is 3.61. The molecule has 0 amide bonds. The standard InChI is InChI=1S/C19H14N2O2/c20-13-7-12-19(14-15-8-3-1-4-9-15)18(22)23-17(21-19)16-10-5-2-6-11-16/h1-12H,14H2/b12-7-/t19-/m1/s1. The molecule has 0 N–H and O–H groups in total. The Morgan fingerprint density at radius 2 is 1.74 bits per heavy atom. The molecule has 0 aromatic heterocycles. The second-order valence-electron chi connectivity index (χ2n) is 5.22. The molecule has 0 fully saturated rings. The summed E-state index contributed by atoms with van der Waals surface area (Å²) < 4.78 is 5.38. The maximum atomic E-state index is 12.5. The highest BCUT2D eigenvalue weighted by atomic mass is 16.6. The molecule has 23 heavy (non-hydrogen) atoms. The number of nitriles is 1. The van der Waals surface area contributed by atoms with Gasteiger partial charge in [-0.05, 0) is 23.8 Å². The highest BCUT2D eigenvalue weighted by molar-refractivity contribution is 6.08. The van der Waals surface area contributed by atoms with E-state index in [-0.39, 0.29) is 5.90 Å². The minimum atomic E-state index is -1.19. The van der Waals surface area contributed by atoms with Crippen LogP contribution in [0.1, 0.15) is 11.1 Å². The molecule has 0 saturated heterocycles. The first-order valence-corrected chi connectivity index (χ1v) is 7.22. The summed E-state index contributed by atoms with van der Waals surface area (Å²) >= 11 is 0. The molecule has 0 radical (unpaired) electrons. The van der Waals surface area contributed by atoms with Gasteiger partial charge in [-0.3, -0.25) is 0 Å². The second kappa shape index (κ2) is 6.29. The number of carbonyl (C=O) groups excluding carboxylic acids is 1. The molecule has 2 aromatic rings. The number of ether oxygens (including phenoxy) is 1. The van der Waals surface area contributed by atoms with Crippen LogP contribution in [0.3, 0.4) is 0 Å². The maximum Gasteiger partial charge on any atom is 0.345 e. The van der Waals surface area contributed by atoms with Crippen LogP contribution in [0.4, 0.5) is 0 Å². The van der Waals surface area contributed by atoms with E-state index in [0.717, 1.165) is 11.1 Å². The lowest BCUT2D eigenvalue weighted by Crippen LogP contribution is -2.34. The Morgan fingerprint density at radius 3 is 2.39 bits per heavy atom. The van der Waals surface area contributed by atoms with Crippen LogP contribution in [0, 0.1) is 11.3 Å². The molecule has 4 heteroatoms. The van der Waals surface area contributed by atoms with E-state index in [4.69, 9.17) is 10.00 Å². The molecule has 0 bridgehead atoms. The minimum Gasteiger partial charge on any atom is -0.405 e. The zero-order valence-electron chi connectivity index (χ0n) is 12.3. The molecule has 1 atom stereocenters. The number of benzene rings is 2. The molecular weight excluding hydrogens is 288 g/mol. The summed E-state index contributed by atoms with van der Waals surface area (Å²) in [7, 11) is 0. The fourth-order valence-electron chi connectivity index (χ4n) is 2.49. The molecule has 4 nitrogen and oxygen atoms in total. The van der Waals surface area contributed by atoms with Crippen molar-refractivity contribution in [1.29, 1.82) is 5.26 Å². The van der Waals surface area contributed by atoms with Gasteiger partial charge in [-0.2, -0.15) is 5.26 Å². The van der Waals surface area contributed by atoms with E-state index < -0.39 is 11.5 Å². The van der Waals surface area contributed by atoms with Crippen LogP contribution < -0.4 is 0 Å². The average molecular weight is 302 g/mol. The molecule has 1 heterocycles. The number of aliphatic imine (C=N–C) groups is 1. The summed E-state index contributed by atoms with van der Waals surface area (Å²) in [6.45, 7) is 0. The molecule has 1 aliphatic heterocycles. The number of cyclic esters (lactones) is 1. The Hall–Kier alpha value is -3.19. The smallest absolute Gasteiger partial charge is 0.345 e. The van der Waals surface area contributed by atoms with Gasteiger partial charge >= 0.3 is 5.97 Å². The molecule has 2 aromatic carbocycles. The molecule has 1 aliphatic rings. The third-order valence-electron chi connectivity index (χ3n) is 3.61. The van der Waals surface area contributed by atoms with Crippen molar-refractivity contribution >= 4 is 11.9 Å². The van der Waals surface area contributed by atoms with Crippen molar-refractivity contribution in [2.75, 3.05) is 0 Å². The summed E-state index contributed by atoms with van der Waals surface area (Å²) in [4.78, 5) is 17.0. The monoisotopic (exact) mass is 302 g/mol. The predicted octanol–water partition coefficient (Wildman–Crippen LogP) is 3.05. The van der Waals surface area contributed by atoms with E-state index in [9.17, 15) is 4.79 Å². The Balaban J connectivity index is 2.02. The topological polar surface area (TPSA) is 62.4 Å². The van der Waals surface area contributed by atoms with Gasteiger partial charge in [-0.25, -0.2) is 9.79 Å². The van der Waals surface area contributed by atoms with Crippen molar-refractivity contribution in [3.63, 3.8) is 0 Å². The Bertz CT molecular complexity index is 804. The van der Waals surface area contributed by atoms with Crippen LogP contribution in [0.5, 0.6) is 0 Å². The van der Waals surface area contributed by atoms with E-state index in [0.29, 0.717) is 6.42 Å². The van der Waals surface area contributed by atoms with Crippen molar-refractivity contribution in [3.05, 3.63) is 83.9 Å². The van der Waals surface area contributed by atoms with Gasteiger partial charge in [0.2, 0.25) is 5.90 Å². The third kappa shape index (κ3) is 3.04. The van der Waals surface area contributed by atoms with Gasteiger partial charge in [0.05, 0.1) is 6.07 Å². The first-order chi connectivity index (χ1) is 11.2. The SMILES string of the molecule is N#C/C=C\[C@]1(Cc2ccccc2)N=C(c2ccccc2)OC1=O. The Morgan fingerprint density at radius 1 is 1.09 bits per heavy atom. The summed E-state index contributed by atoms with van der Waals surface area (Å²) in [6, 6.07) is 20.7. The van der Waals surface area contributed by atoms with E-state index in [1.54, 1.807) is 0 Å². The zero-order valence-corrected chi connectivity index (χ0v) is 12.3. The molecule has 0 unspecified atom stereocenters. The average Bonchev–Trinajstić information content (AvgIpc) is 2.92. The number of hydrogen-bond donors (Lipinski definition) is 0. The lowest BCUT2D eigenvalue weighted by atomic mass is 9.91. The molecule has 0 aliphatic carbocycles. The lowest BCUT2D eigenvalue weighted by Gasteiger charge is -2.17. The first kappa shape index (κ1) is 14.7. The van der Waals surface area contributed by atoms with Gasteiger partial charge in [-0.1, -0.05) is 48.5 Å². The summed E-state index contributed by atoms with van der Waals surface area (Å²) in [6.07, 6.45) is 3.14. The van der Waals surface area contributed by atoms with Crippen LogP contribution in [0.15, 0.2) is 77.8 Å². The summed E-state index contributed by atoms with van der Waals surface area (Å²) in [5.41, 5.74) is 0.494. The zero-order chi connectivity index (χ0) is 16.1. The highest BCUT2D eigenvalue weighted by Crippen LogP contribution is 2.29. The number of hydrogen-bond acceptors (Lipinski definition) is 4. The van der Waals surface area contributed by atoms with E-state index in [2.05, 4.69) is 4.99 Å². The predicted molar refractivity (Wildman–Crippen MR) is 86.7 cm³/mol. The van der Waals surface area contributed by atoms with E-state index >= 15 is 0 Å². The molecule has 0 saturated carbocycles. The number of rotatable bonds is 4. The van der Waals surface area contributed by atoms with Gasteiger partial charge < -0.3 is 4.74 Å². The molecule has 0 spiro atoms. The van der Waals surface area contributed by atoms with Gasteiger partial charge in [0, 0.05) is 18.1 Å². The van der Waals surface area contributed by atoms with Crippen molar-refractivity contribution in [2.45, 2.75) is 12.0 Å². The van der Waals surface area contributed by atoms with Gasteiger partial charge in [-0.15, -0.1) is 0 Å².